The largest absolute Gasteiger partial charge is 0.367 e. The summed E-state index contributed by atoms with van der Waals surface area (Å²) in [6.45, 7) is 11.0. The van der Waals surface area contributed by atoms with Gasteiger partial charge in [0.1, 0.15) is 5.69 Å². The first-order chi connectivity index (χ1) is 19.0. The molecule has 0 spiro atoms. The summed E-state index contributed by atoms with van der Waals surface area (Å²) in [6.07, 6.45) is 6.22. The first kappa shape index (κ1) is 27.7. The zero-order chi connectivity index (χ0) is 27.9. The molecule has 1 aliphatic rings. The molecule has 3 aromatic heterocycles. The monoisotopic (exact) mass is 544 g/mol. The maximum Gasteiger partial charge on any atom is 0.335 e. The molecule has 202 valence electrons. The molecule has 1 saturated heterocycles. The predicted octanol–water partition coefficient (Wildman–Crippen LogP) is 3.56. The molecule has 1 aromatic carbocycles. The number of thiazole rings is 1. The van der Waals surface area contributed by atoms with E-state index in [0.717, 1.165) is 49.0 Å². The summed E-state index contributed by atoms with van der Waals surface area (Å²) in [6, 6.07) is 9.49. The molecule has 10 nitrogen and oxygen atoms in total. The predicted molar refractivity (Wildman–Crippen MR) is 157 cm³/mol. The normalized spacial score (nSPS) is 13.8. The SMILES string of the molecule is C=C/C(=C(\C=N)NC(=O)c1csc(-n2c(=O)n(C)c3c(-c4cccnc4)cccc32)n1)N1CCNCC1.CC. The van der Waals surface area contributed by atoms with Gasteiger partial charge in [-0.1, -0.05) is 38.6 Å². The Kier molecular flexibility index (Phi) is 8.84. The Bertz CT molecular complexity index is 1580. The number of fused-ring (bicyclic) bond motifs is 1. The molecule has 0 atom stereocenters. The van der Waals surface area contributed by atoms with E-state index in [0.29, 0.717) is 22.0 Å². The fourth-order valence-corrected chi connectivity index (χ4v) is 5.31. The number of hydrogen-bond acceptors (Lipinski definition) is 8. The van der Waals surface area contributed by atoms with Crippen LogP contribution in [0.5, 0.6) is 0 Å². The zero-order valence-corrected chi connectivity index (χ0v) is 23.1. The molecule has 11 heteroatoms. The van der Waals surface area contributed by atoms with Crippen LogP contribution >= 0.6 is 11.3 Å². The summed E-state index contributed by atoms with van der Waals surface area (Å²) in [5.41, 5.74) is 4.15. The summed E-state index contributed by atoms with van der Waals surface area (Å²) in [4.78, 5) is 37.2. The third-order valence-electron chi connectivity index (χ3n) is 6.28. The number of piperazine rings is 1. The first-order valence-electron chi connectivity index (χ1n) is 12.7. The maximum atomic E-state index is 13.3. The van der Waals surface area contributed by atoms with E-state index < -0.39 is 5.91 Å². The Labute approximate surface area is 230 Å². The van der Waals surface area contributed by atoms with E-state index in [1.54, 1.807) is 35.5 Å². The van der Waals surface area contributed by atoms with Crippen LogP contribution in [-0.2, 0) is 7.05 Å². The minimum atomic E-state index is -0.459. The van der Waals surface area contributed by atoms with Crippen LogP contribution in [-0.4, -0.2) is 62.3 Å². The van der Waals surface area contributed by atoms with Gasteiger partial charge in [0, 0.05) is 68.3 Å². The number of benzene rings is 1. The third-order valence-corrected chi connectivity index (χ3v) is 7.10. The number of para-hydroxylation sites is 1. The molecule has 0 bridgehead atoms. The highest BCUT2D eigenvalue weighted by atomic mass is 32.1. The van der Waals surface area contributed by atoms with Crippen molar-refractivity contribution in [2.75, 3.05) is 26.2 Å². The van der Waals surface area contributed by atoms with E-state index in [9.17, 15) is 9.59 Å². The fourth-order valence-electron chi connectivity index (χ4n) is 4.50. The highest BCUT2D eigenvalue weighted by molar-refractivity contribution is 7.12. The van der Waals surface area contributed by atoms with Crippen molar-refractivity contribution >= 4 is 34.5 Å². The van der Waals surface area contributed by atoms with Crippen molar-refractivity contribution in [3.05, 3.63) is 88.3 Å². The van der Waals surface area contributed by atoms with Crippen molar-refractivity contribution in [3.63, 3.8) is 0 Å². The minimum Gasteiger partial charge on any atom is -0.367 e. The molecule has 0 unspecified atom stereocenters. The average Bonchev–Trinajstić information content (AvgIpc) is 3.57. The van der Waals surface area contributed by atoms with Gasteiger partial charge in [-0.3, -0.25) is 14.3 Å². The average molecular weight is 545 g/mol. The Balaban J connectivity index is 0.00000172. The van der Waals surface area contributed by atoms with Crippen molar-refractivity contribution in [2.24, 2.45) is 7.05 Å². The second-order valence-electron chi connectivity index (χ2n) is 8.45. The summed E-state index contributed by atoms with van der Waals surface area (Å²) >= 11 is 1.21. The molecular formula is C28H32N8O2S. The first-order valence-corrected chi connectivity index (χ1v) is 13.6. The van der Waals surface area contributed by atoms with E-state index in [1.165, 1.54) is 15.9 Å². The number of aromatic nitrogens is 4. The fraction of sp³-hybridized carbons (Fsp3) is 0.250. The van der Waals surface area contributed by atoms with Crippen molar-refractivity contribution in [2.45, 2.75) is 13.8 Å². The Morgan fingerprint density at radius 1 is 1.21 bits per heavy atom. The highest BCUT2D eigenvalue weighted by Gasteiger charge is 2.21. The lowest BCUT2D eigenvalue weighted by molar-refractivity contribution is 0.0962. The number of hydrogen-bond donors (Lipinski definition) is 3. The van der Waals surface area contributed by atoms with Crippen LogP contribution in [0.15, 0.2) is 76.9 Å². The zero-order valence-electron chi connectivity index (χ0n) is 22.3. The van der Waals surface area contributed by atoms with Gasteiger partial charge < -0.3 is 20.9 Å². The molecule has 4 heterocycles. The minimum absolute atomic E-state index is 0.162. The van der Waals surface area contributed by atoms with Crippen LogP contribution in [0.1, 0.15) is 24.3 Å². The van der Waals surface area contributed by atoms with Gasteiger partial charge in [-0.2, -0.15) is 0 Å². The van der Waals surface area contributed by atoms with Crippen LogP contribution in [0.3, 0.4) is 0 Å². The van der Waals surface area contributed by atoms with Gasteiger partial charge in [0.25, 0.3) is 5.91 Å². The molecule has 1 amide bonds. The van der Waals surface area contributed by atoms with Crippen LogP contribution in [0.2, 0.25) is 0 Å². The molecule has 0 aliphatic carbocycles. The van der Waals surface area contributed by atoms with E-state index in [1.807, 2.05) is 44.2 Å². The number of nitrogens with one attached hydrogen (secondary N) is 3. The number of allylic oxidation sites excluding steroid dienone is 2. The summed E-state index contributed by atoms with van der Waals surface area (Å²) in [5, 5.41) is 15.9. The van der Waals surface area contributed by atoms with E-state index in [-0.39, 0.29) is 11.4 Å². The van der Waals surface area contributed by atoms with E-state index >= 15 is 0 Å². The van der Waals surface area contributed by atoms with Gasteiger partial charge in [0.15, 0.2) is 5.13 Å². The number of rotatable bonds is 7. The standard InChI is InChI=1S/C26H26N8O2S.C2H6/c1-3-21(33-12-10-28-11-13-33)19(14-27)30-24(35)20-16-37-25(31-20)34-22-8-4-7-18(17-6-5-9-29-15-17)23(22)32(2)26(34)36;1-2/h3-9,14-16,27-28H,1,10-13H2,2H3,(H,30,35);1-2H3/b21-19-,27-14?;. The Hall–Kier alpha value is -4.35. The van der Waals surface area contributed by atoms with Crippen LogP contribution < -0.4 is 16.3 Å². The second-order valence-corrected chi connectivity index (χ2v) is 9.28. The lowest BCUT2D eigenvalue weighted by Gasteiger charge is -2.31. The number of carbonyl (C=O) groups excluding carboxylic acids is 1. The van der Waals surface area contributed by atoms with Crippen molar-refractivity contribution < 1.29 is 4.79 Å². The third kappa shape index (κ3) is 5.45. The molecule has 0 saturated carbocycles. The molecule has 5 rings (SSSR count). The molecular weight excluding hydrogens is 512 g/mol. The molecule has 0 radical (unpaired) electrons. The van der Waals surface area contributed by atoms with Gasteiger partial charge in [-0.25, -0.2) is 14.3 Å². The summed E-state index contributed by atoms with van der Waals surface area (Å²) in [7, 11) is 1.72. The number of nitrogens with zero attached hydrogens (tertiary/aromatic N) is 5. The van der Waals surface area contributed by atoms with Crippen molar-refractivity contribution in [1.82, 2.24) is 34.6 Å². The topological polar surface area (TPSA) is 121 Å². The van der Waals surface area contributed by atoms with E-state index in [4.69, 9.17) is 5.41 Å². The van der Waals surface area contributed by atoms with Gasteiger partial charge in [-0.05, 0) is 18.2 Å². The number of amides is 1. The number of pyridine rings is 1. The molecule has 1 fully saturated rings. The van der Waals surface area contributed by atoms with E-state index in [2.05, 4.69) is 32.1 Å². The summed E-state index contributed by atoms with van der Waals surface area (Å²) in [5.74, 6) is -0.459. The molecule has 4 aromatic rings. The van der Waals surface area contributed by atoms with Crippen LogP contribution in [0.25, 0.3) is 27.3 Å². The summed E-state index contributed by atoms with van der Waals surface area (Å²) < 4.78 is 3.10. The second kappa shape index (κ2) is 12.5. The van der Waals surface area contributed by atoms with Gasteiger partial charge in [-0.15, -0.1) is 11.3 Å². The Morgan fingerprint density at radius 3 is 2.64 bits per heavy atom. The number of aryl methyl sites for hydroxylation is 1. The molecule has 39 heavy (non-hydrogen) atoms. The van der Waals surface area contributed by atoms with Gasteiger partial charge in [0.2, 0.25) is 0 Å². The molecule has 1 aliphatic heterocycles. The lowest BCUT2D eigenvalue weighted by atomic mass is 10.1. The number of imidazole rings is 1. The van der Waals surface area contributed by atoms with Crippen molar-refractivity contribution in [3.8, 4) is 16.3 Å². The van der Waals surface area contributed by atoms with Crippen LogP contribution in [0.4, 0.5) is 0 Å². The highest BCUT2D eigenvalue weighted by Crippen LogP contribution is 2.29. The van der Waals surface area contributed by atoms with Gasteiger partial charge >= 0.3 is 5.69 Å². The van der Waals surface area contributed by atoms with Crippen molar-refractivity contribution in [1.29, 1.82) is 5.41 Å². The smallest absolute Gasteiger partial charge is 0.335 e. The Morgan fingerprint density at radius 2 is 1.97 bits per heavy atom. The maximum absolute atomic E-state index is 13.3. The number of carbonyl (C=O) groups is 1. The van der Waals surface area contributed by atoms with Gasteiger partial charge in [0.05, 0.1) is 22.4 Å². The molecule has 3 N–H and O–H groups in total. The van der Waals surface area contributed by atoms with Crippen LogP contribution in [0, 0.1) is 5.41 Å². The lowest BCUT2D eigenvalue weighted by Crippen LogP contribution is -2.43. The quantitative estimate of drug-likeness (QED) is 0.242.